The van der Waals surface area contributed by atoms with Gasteiger partial charge in [0.2, 0.25) is 11.8 Å². The number of anilines is 1. The molecule has 0 bridgehead atoms. The number of thiophene rings is 2. The normalized spacial score (nSPS) is 12.8. The van der Waals surface area contributed by atoms with Crippen molar-refractivity contribution < 1.29 is 19.1 Å². The van der Waals surface area contributed by atoms with Crippen molar-refractivity contribution >= 4 is 46.1 Å². The van der Waals surface area contributed by atoms with Gasteiger partial charge in [-0.3, -0.25) is 19.3 Å². The molecule has 0 atom stereocenters. The Morgan fingerprint density at radius 3 is 2.52 bits per heavy atom. The maximum atomic E-state index is 13.2. The average Bonchev–Trinajstić information content (AvgIpc) is 3.48. The van der Waals surface area contributed by atoms with Crippen LogP contribution in [0.25, 0.3) is 0 Å². The van der Waals surface area contributed by atoms with E-state index in [4.69, 9.17) is 4.74 Å². The van der Waals surface area contributed by atoms with Crippen molar-refractivity contribution in [2.24, 2.45) is 0 Å². The molecule has 31 heavy (non-hydrogen) atoms. The first-order valence-corrected chi connectivity index (χ1v) is 11.5. The van der Waals surface area contributed by atoms with Gasteiger partial charge in [-0.1, -0.05) is 24.3 Å². The molecule has 3 heterocycles. The van der Waals surface area contributed by atoms with Crippen LogP contribution >= 0.6 is 22.7 Å². The molecule has 4 rings (SSSR count). The molecule has 1 N–H and O–H groups in total. The summed E-state index contributed by atoms with van der Waals surface area (Å²) in [6.45, 7) is 0.386. The van der Waals surface area contributed by atoms with E-state index >= 15 is 0 Å². The van der Waals surface area contributed by atoms with E-state index in [1.165, 1.54) is 21.1 Å². The molecule has 1 aromatic carbocycles. The molecule has 1 aliphatic heterocycles. The highest BCUT2D eigenvalue weighted by molar-refractivity contribution is 7.10. The number of rotatable bonds is 8. The highest BCUT2D eigenvalue weighted by Gasteiger charge is 2.29. The van der Waals surface area contributed by atoms with Crippen LogP contribution in [0.4, 0.5) is 5.69 Å². The molecule has 3 amide bonds. The van der Waals surface area contributed by atoms with Crippen LogP contribution in [-0.2, 0) is 27.5 Å². The molecule has 160 valence electrons. The zero-order chi connectivity index (χ0) is 21.6. The summed E-state index contributed by atoms with van der Waals surface area (Å²) >= 11 is 3.08. The molecule has 0 aliphatic carbocycles. The fourth-order valence-corrected chi connectivity index (χ4v) is 4.58. The van der Waals surface area contributed by atoms with Crippen LogP contribution in [0, 0.1) is 0 Å². The van der Waals surface area contributed by atoms with E-state index in [0.717, 1.165) is 9.75 Å². The standard InChI is InChI=1S/C22H21N3O4S2/c26-20(23-11-16-5-3-9-30-16)13-24(12-17-6-4-10-31-17)21(27)14-25-18-7-1-2-8-19(18)29-15-22(25)28/h1-10H,11-15H2,(H,23,26). The lowest BCUT2D eigenvalue weighted by molar-refractivity contribution is -0.136. The maximum absolute atomic E-state index is 13.2. The Morgan fingerprint density at radius 2 is 1.77 bits per heavy atom. The number of benzene rings is 1. The van der Waals surface area contributed by atoms with Crippen LogP contribution in [-0.4, -0.2) is 42.3 Å². The first kappa shape index (κ1) is 21.1. The highest BCUT2D eigenvalue weighted by atomic mass is 32.1. The van der Waals surface area contributed by atoms with Crippen LogP contribution in [0.5, 0.6) is 5.75 Å². The molecule has 0 spiro atoms. The minimum Gasteiger partial charge on any atom is -0.482 e. The van der Waals surface area contributed by atoms with Crippen molar-refractivity contribution in [3.05, 3.63) is 69.0 Å². The smallest absolute Gasteiger partial charge is 0.265 e. The third kappa shape index (κ3) is 5.31. The van der Waals surface area contributed by atoms with Gasteiger partial charge in [0.1, 0.15) is 12.3 Å². The number of carbonyl (C=O) groups excluding carboxylic acids is 3. The van der Waals surface area contributed by atoms with E-state index in [-0.39, 0.29) is 37.4 Å². The fraction of sp³-hybridized carbons (Fsp3) is 0.227. The number of nitrogens with zero attached hydrogens (tertiary/aromatic N) is 2. The molecule has 0 saturated carbocycles. The molecule has 0 unspecified atom stereocenters. The molecule has 0 saturated heterocycles. The third-order valence-corrected chi connectivity index (χ3v) is 6.49. The molecule has 1 aliphatic rings. The van der Waals surface area contributed by atoms with E-state index < -0.39 is 0 Å². The molecular weight excluding hydrogens is 434 g/mol. The average molecular weight is 456 g/mol. The van der Waals surface area contributed by atoms with E-state index in [2.05, 4.69) is 5.32 Å². The Morgan fingerprint density at radius 1 is 1.03 bits per heavy atom. The van der Waals surface area contributed by atoms with Crippen LogP contribution < -0.4 is 15.0 Å². The van der Waals surface area contributed by atoms with Gasteiger partial charge >= 0.3 is 0 Å². The van der Waals surface area contributed by atoms with Crippen molar-refractivity contribution in [3.8, 4) is 5.75 Å². The minimum atomic E-state index is -0.301. The summed E-state index contributed by atoms with van der Waals surface area (Å²) in [5.74, 6) is -0.268. The largest absolute Gasteiger partial charge is 0.482 e. The quantitative estimate of drug-likeness (QED) is 0.567. The summed E-state index contributed by atoms with van der Waals surface area (Å²) in [4.78, 5) is 43.1. The van der Waals surface area contributed by atoms with Gasteiger partial charge in [-0.25, -0.2) is 0 Å². The SMILES string of the molecule is O=C(CN(Cc1cccs1)C(=O)CN1C(=O)COc2ccccc21)NCc1cccs1. The topological polar surface area (TPSA) is 79.0 Å². The Labute approximate surface area is 187 Å². The van der Waals surface area contributed by atoms with E-state index in [0.29, 0.717) is 24.5 Å². The number of fused-ring (bicyclic) bond motifs is 1. The van der Waals surface area contributed by atoms with E-state index in [1.807, 2.05) is 41.1 Å². The van der Waals surface area contributed by atoms with Crippen molar-refractivity contribution in [3.63, 3.8) is 0 Å². The number of hydrogen-bond acceptors (Lipinski definition) is 6. The predicted molar refractivity (Wildman–Crippen MR) is 120 cm³/mol. The van der Waals surface area contributed by atoms with Crippen molar-refractivity contribution in [2.75, 3.05) is 24.6 Å². The molecular formula is C22H21N3O4S2. The van der Waals surface area contributed by atoms with Gasteiger partial charge in [0, 0.05) is 9.75 Å². The molecule has 9 heteroatoms. The zero-order valence-electron chi connectivity index (χ0n) is 16.7. The number of ether oxygens (including phenoxy) is 1. The summed E-state index contributed by atoms with van der Waals surface area (Å²) in [6.07, 6.45) is 0. The Balaban J connectivity index is 1.46. The number of hydrogen-bond donors (Lipinski definition) is 1. The second kappa shape index (κ2) is 9.76. The van der Waals surface area contributed by atoms with Gasteiger partial charge in [0.15, 0.2) is 6.61 Å². The lowest BCUT2D eigenvalue weighted by atomic mass is 10.2. The number of para-hydroxylation sites is 2. The predicted octanol–water partition coefficient (Wildman–Crippen LogP) is 2.88. The lowest BCUT2D eigenvalue weighted by Gasteiger charge is -2.31. The zero-order valence-corrected chi connectivity index (χ0v) is 18.3. The van der Waals surface area contributed by atoms with Gasteiger partial charge in [-0.15, -0.1) is 22.7 Å². The number of amides is 3. The van der Waals surface area contributed by atoms with Crippen molar-refractivity contribution in [1.82, 2.24) is 10.2 Å². The Kier molecular flexibility index (Phi) is 6.63. The molecule has 2 aromatic heterocycles. The number of carbonyl (C=O) groups is 3. The van der Waals surface area contributed by atoms with E-state index in [1.54, 1.807) is 29.5 Å². The van der Waals surface area contributed by atoms with Gasteiger partial charge in [0.25, 0.3) is 5.91 Å². The lowest BCUT2D eigenvalue weighted by Crippen LogP contribution is -2.48. The summed E-state index contributed by atoms with van der Waals surface area (Å²) in [7, 11) is 0. The summed E-state index contributed by atoms with van der Waals surface area (Å²) in [5.41, 5.74) is 0.560. The van der Waals surface area contributed by atoms with Crippen LogP contribution in [0.1, 0.15) is 9.75 Å². The third-order valence-electron chi connectivity index (χ3n) is 4.76. The second-order valence-corrected chi connectivity index (χ2v) is 8.99. The summed E-state index contributed by atoms with van der Waals surface area (Å²) in [5, 5.41) is 6.74. The monoisotopic (exact) mass is 455 g/mol. The Hall–Kier alpha value is -3.17. The first-order chi connectivity index (χ1) is 15.1. The van der Waals surface area contributed by atoms with Crippen molar-refractivity contribution in [2.45, 2.75) is 13.1 Å². The van der Waals surface area contributed by atoms with Gasteiger partial charge < -0.3 is 15.0 Å². The highest BCUT2D eigenvalue weighted by Crippen LogP contribution is 2.31. The van der Waals surface area contributed by atoms with Gasteiger partial charge in [-0.05, 0) is 35.0 Å². The van der Waals surface area contributed by atoms with Crippen LogP contribution in [0.15, 0.2) is 59.3 Å². The minimum absolute atomic E-state index is 0.0811. The van der Waals surface area contributed by atoms with Crippen LogP contribution in [0.3, 0.4) is 0 Å². The van der Waals surface area contributed by atoms with Crippen LogP contribution in [0.2, 0.25) is 0 Å². The van der Waals surface area contributed by atoms with E-state index in [9.17, 15) is 14.4 Å². The summed E-state index contributed by atoms with van der Waals surface area (Å²) in [6, 6.07) is 14.8. The molecule has 0 fully saturated rings. The molecule has 3 aromatic rings. The van der Waals surface area contributed by atoms with Gasteiger partial charge in [0.05, 0.1) is 25.3 Å². The second-order valence-electron chi connectivity index (χ2n) is 6.92. The molecule has 7 nitrogen and oxygen atoms in total. The Bertz CT molecular complexity index is 1050. The van der Waals surface area contributed by atoms with Gasteiger partial charge in [-0.2, -0.15) is 0 Å². The maximum Gasteiger partial charge on any atom is 0.265 e. The summed E-state index contributed by atoms with van der Waals surface area (Å²) < 4.78 is 5.45. The number of nitrogens with one attached hydrogen (secondary N) is 1. The first-order valence-electron chi connectivity index (χ1n) is 9.71. The molecule has 0 radical (unpaired) electrons. The fourth-order valence-electron chi connectivity index (χ4n) is 3.21. The van der Waals surface area contributed by atoms with Crippen molar-refractivity contribution in [1.29, 1.82) is 0 Å².